The van der Waals surface area contributed by atoms with Crippen molar-refractivity contribution in [3.63, 3.8) is 0 Å². The smallest absolute Gasteiger partial charge is 0.254 e. The van der Waals surface area contributed by atoms with Crippen molar-refractivity contribution < 1.29 is 18.7 Å². The average molecular weight is 296 g/mol. The molecule has 0 aliphatic rings. The van der Waals surface area contributed by atoms with E-state index in [1.165, 1.54) is 19.2 Å². The second-order valence-corrected chi connectivity index (χ2v) is 5.18. The van der Waals surface area contributed by atoms with Gasteiger partial charge in [-0.25, -0.2) is 4.39 Å². The lowest BCUT2D eigenvalue weighted by atomic mass is 10.1. The second kappa shape index (κ2) is 7.61. The summed E-state index contributed by atoms with van der Waals surface area (Å²) >= 11 is 0. The SMILES string of the molecule is COc1ccc(C(=O)NC(C)C(=O)NCC(C)C)c(F)c1. The number of nitrogens with one attached hydrogen (secondary N) is 2. The molecular weight excluding hydrogens is 275 g/mol. The van der Waals surface area contributed by atoms with Gasteiger partial charge in [0.1, 0.15) is 17.6 Å². The molecule has 1 aromatic rings. The fourth-order valence-corrected chi connectivity index (χ4v) is 1.60. The highest BCUT2D eigenvalue weighted by molar-refractivity contribution is 5.97. The molecule has 0 saturated heterocycles. The molecule has 6 heteroatoms. The van der Waals surface area contributed by atoms with E-state index in [1.807, 2.05) is 13.8 Å². The lowest BCUT2D eigenvalue weighted by Gasteiger charge is -2.15. The number of hydrogen-bond donors (Lipinski definition) is 2. The van der Waals surface area contributed by atoms with Gasteiger partial charge in [-0.05, 0) is 25.0 Å². The standard InChI is InChI=1S/C15H21FN2O3/c1-9(2)8-17-14(19)10(3)18-15(20)12-6-5-11(21-4)7-13(12)16/h5-7,9-10H,8H2,1-4H3,(H,17,19)(H,18,20). The van der Waals surface area contributed by atoms with Crippen LogP contribution in [0.4, 0.5) is 4.39 Å². The van der Waals surface area contributed by atoms with Gasteiger partial charge >= 0.3 is 0 Å². The molecule has 0 spiro atoms. The Hall–Kier alpha value is -2.11. The highest BCUT2D eigenvalue weighted by atomic mass is 19.1. The second-order valence-electron chi connectivity index (χ2n) is 5.18. The van der Waals surface area contributed by atoms with Gasteiger partial charge in [-0.15, -0.1) is 0 Å². The van der Waals surface area contributed by atoms with E-state index in [9.17, 15) is 14.0 Å². The van der Waals surface area contributed by atoms with Crippen molar-refractivity contribution in [1.29, 1.82) is 0 Å². The largest absolute Gasteiger partial charge is 0.497 e. The molecule has 1 unspecified atom stereocenters. The zero-order chi connectivity index (χ0) is 16.0. The third-order valence-electron chi connectivity index (χ3n) is 2.85. The summed E-state index contributed by atoms with van der Waals surface area (Å²) in [5.74, 6) is -0.988. The first-order valence-corrected chi connectivity index (χ1v) is 6.77. The van der Waals surface area contributed by atoms with E-state index < -0.39 is 17.8 Å². The molecule has 2 N–H and O–H groups in total. The predicted molar refractivity (Wildman–Crippen MR) is 77.7 cm³/mol. The number of ether oxygens (including phenoxy) is 1. The molecule has 0 aliphatic heterocycles. The van der Waals surface area contributed by atoms with Crippen molar-refractivity contribution in [2.45, 2.75) is 26.8 Å². The molecule has 0 radical (unpaired) electrons. The number of amides is 2. The molecule has 0 heterocycles. The first-order valence-electron chi connectivity index (χ1n) is 6.77. The minimum atomic E-state index is -0.738. The molecule has 0 aliphatic carbocycles. The third kappa shape index (κ3) is 5.06. The fraction of sp³-hybridized carbons (Fsp3) is 0.467. The summed E-state index contributed by atoms with van der Waals surface area (Å²) in [6.07, 6.45) is 0. The van der Waals surface area contributed by atoms with Gasteiger partial charge in [-0.2, -0.15) is 0 Å². The third-order valence-corrected chi connectivity index (χ3v) is 2.85. The van der Waals surface area contributed by atoms with E-state index in [4.69, 9.17) is 4.74 Å². The molecule has 21 heavy (non-hydrogen) atoms. The van der Waals surface area contributed by atoms with Crippen molar-refractivity contribution in [3.05, 3.63) is 29.6 Å². The van der Waals surface area contributed by atoms with E-state index >= 15 is 0 Å². The lowest BCUT2D eigenvalue weighted by molar-refractivity contribution is -0.122. The van der Waals surface area contributed by atoms with Gasteiger partial charge in [0.25, 0.3) is 5.91 Å². The highest BCUT2D eigenvalue weighted by Gasteiger charge is 2.19. The van der Waals surface area contributed by atoms with Gasteiger partial charge in [-0.1, -0.05) is 13.8 Å². The van der Waals surface area contributed by atoms with Crippen LogP contribution in [-0.4, -0.2) is 31.5 Å². The van der Waals surface area contributed by atoms with Crippen molar-refractivity contribution in [2.75, 3.05) is 13.7 Å². The van der Waals surface area contributed by atoms with Gasteiger partial charge in [0, 0.05) is 12.6 Å². The van der Waals surface area contributed by atoms with Crippen LogP contribution in [0.3, 0.4) is 0 Å². The quantitative estimate of drug-likeness (QED) is 0.840. The molecule has 1 atom stereocenters. The predicted octanol–water partition coefficient (Wildman–Crippen LogP) is 1.72. The monoisotopic (exact) mass is 296 g/mol. The molecule has 1 aromatic carbocycles. The Morgan fingerprint density at radius 3 is 2.48 bits per heavy atom. The number of rotatable bonds is 6. The molecule has 0 fully saturated rings. The molecule has 0 aromatic heterocycles. The fourth-order valence-electron chi connectivity index (χ4n) is 1.60. The first kappa shape index (κ1) is 16.9. The van der Waals surface area contributed by atoms with Crippen molar-refractivity contribution in [2.24, 2.45) is 5.92 Å². The van der Waals surface area contributed by atoms with Crippen LogP contribution in [0.25, 0.3) is 0 Å². The van der Waals surface area contributed by atoms with Gasteiger partial charge in [0.15, 0.2) is 0 Å². The number of carbonyl (C=O) groups is 2. The number of halogens is 1. The van der Waals surface area contributed by atoms with Crippen molar-refractivity contribution in [1.82, 2.24) is 10.6 Å². The summed E-state index contributed by atoms with van der Waals surface area (Å²) < 4.78 is 18.6. The number of hydrogen-bond acceptors (Lipinski definition) is 3. The van der Waals surface area contributed by atoms with Crippen LogP contribution in [0.2, 0.25) is 0 Å². The zero-order valence-electron chi connectivity index (χ0n) is 12.7. The minimum Gasteiger partial charge on any atom is -0.497 e. The number of carbonyl (C=O) groups excluding carboxylic acids is 2. The Morgan fingerprint density at radius 1 is 1.29 bits per heavy atom. The van der Waals surface area contributed by atoms with Crippen LogP contribution in [0.1, 0.15) is 31.1 Å². The molecule has 0 saturated carbocycles. The Labute approximate surface area is 123 Å². The van der Waals surface area contributed by atoms with Gasteiger partial charge in [0.05, 0.1) is 12.7 Å². The number of methoxy groups -OCH3 is 1. The summed E-state index contributed by atoms with van der Waals surface area (Å²) in [5.41, 5.74) is -0.126. The van der Waals surface area contributed by atoms with Crippen molar-refractivity contribution >= 4 is 11.8 Å². The Bertz CT molecular complexity index is 518. The van der Waals surface area contributed by atoms with Crippen LogP contribution >= 0.6 is 0 Å². The van der Waals surface area contributed by atoms with Crippen LogP contribution < -0.4 is 15.4 Å². The molecular formula is C15H21FN2O3. The normalized spacial score (nSPS) is 11.9. The Balaban J connectivity index is 2.66. The Morgan fingerprint density at radius 2 is 1.95 bits per heavy atom. The summed E-state index contributed by atoms with van der Waals surface area (Å²) in [7, 11) is 1.41. The van der Waals surface area contributed by atoms with Gasteiger partial charge in [-0.3, -0.25) is 9.59 Å². The van der Waals surface area contributed by atoms with Crippen molar-refractivity contribution in [3.8, 4) is 5.75 Å². The van der Waals surface area contributed by atoms with Gasteiger partial charge in [0.2, 0.25) is 5.91 Å². The van der Waals surface area contributed by atoms with Crippen LogP contribution in [0.15, 0.2) is 18.2 Å². The van der Waals surface area contributed by atoms with Gasteiger partial charge < -0.3 is 15.4 Å². The Kier molecular flexibility index (Phi) is 6.14. The maximum absolute atomic E-state index is 13.8. The molecule has 5 nitrogen and oxygen atoms in total. The summed E-state index contributed by atoms with van der Waals surface area (Å²) in [6, 6.07) is 3.19. The molecule has 1 rings (SSSR count). The maximum atomic E-state index is 13.8. The minimum absolute atomic E-state index is 0.126. The summed E-state index contributed by atoms with van der Waals surface area (Å²) in [6.45, 7) is 6.01. The number of benzene rings is 1. The molecule has 2 amide bonds. The molecule has 0 bridgehead atoms. The zero-order valence-corrected chi connectivity index (χ0v) is 12.7. The molecule has 116 valence electrons. The van der Waals surface area contributed by atoms with E-state index in [0.717, 1.165) is 6.07 Å². The van der Waals surface area contributed by atoms with Crippen LogP contribution in [0, 0.1) is 11.7 Å². The highest BCUT2D eigenvalue weighted by Crippen LogP contribution is 2.16. The first-order chi connectivity index (χ1) is 9.85. The topological polar surface area (TPSA) is 67.4 Å². The summed E-state index contributed by atoms with van der Waals surface area (Å²) in [4.78, 5) is 23.7. The average Bonchev–Trinajstić information content (AvgIpc) is 2.43. The summed E-state index contributed by atoms with van der Waals surface area (Å²) in [5, 5.41) is 5.17. The van der Waals surface area contributed by atoms with E-state index in [1.54, 1.807) is 6.92 Å². The lowest BCUT2D eigenvalue weighted by Crippen LogP contribution is -2.45. The van der Waals surface area contributed by atoms with Crippen LogP contribution in [-0.2, 0) is 4.79 Å². The van der Waals surface area contributed by atoms with Crippen LogP contribution in [0.5, 0.6) is 5.75 Å². The van der Waals surface area contributed by atoms with E-state index in [0.29, 0.717) is 18.2 Å². The van der Waals surface area contributed by atoms with E-state index in [-0.39, 0.29) is 11.5 Å². The van der Waals surface area contributed by atoms with E-state index in [2.05, 4.69) is 10.6 Å². The maximum Gasteiger partial charge on any atom is 0.254 e.